The predicted molar refractivity (Wildman–Crippen MR) is 109 cm³/mol. The van der Waals surface area contributed by atoms with Crippen molar-refractivity contribution < 1.29 is 13.9 Å². The van der Waals surface area contributed by atoms with Gasteiger partial charge in [-0.05, 0) is 24.1 Å². The summed E-state index contributed by atoms with van der Waals surface area (Å²) < 4.78 is 10.8. The van der Waals surface area contributed by atoms with Crippen molar-refractivity contribution in [2.75, 3.05) is 26.7 Å². The van der Waals surface area contributed by atoms with Crippen LogP contribution < -0.4 is 10.5 Å². The van der Waals surface area contributed by atoms with E-state index in [2.05, 4.69) is 12.1 Å². The zero-order chi connectivity index (χ0) is 18.4. The first kappa shape index (κ1) is 20.8. The van der Waals surface area contributed by atoms with Gasteiger partial charge in [0, 0.05) is 36.7 Å². The van der Waals surface area contributed by atoms with Crippen LogP contribution in [0, 0.1) is 0 Å². The van der Waals surface area contributed by atoms with Crippen LogP contribution in [0.25, 0.3) is 11.0 Å². The Morgan fingerprint density at radius 1 is 1.15 bits per heavy atom. The fraction of sp³-hybridized carbons (Fsp3) is 0.286. The minimum absolute atomic E-state index is 0. The van der Waals surface area contributed by atoms with Gasteiger partial charge in [0.1, 0.15) is 11.3 Å². The molecular weight excluding hydrogens is 364 g/mol. The molecule has 0 radical (unpaired) electrons. The molecule has 0 atom stereocenters. The molecule has 0 spiro atoms. The van der Waals surface area contributed by atoms with Crippen molar-refractivity contribution in [3.05, 3.63) is 65.9 Å². The second-order valence-corrected chi connectivity index (χ2v) is 6.20. The number of ether oxygens (including phenoxy) is 1. The number of halogens is 1. The highest BCUT2D eigenvalue weighted by Crippen LogP contribution is 2.26. The van der Waals surface area contributed by atoms with Crippen LogP contribution in [0.3, 0.4) is 0 Å². The van der Waals surface area contributed by atoms with E-state index in [0.29, 0.717) is 26.1 Å². The Hall–Kier alpha value is -2.50. The van der Waals surface area contributed by atoms with Gasteiger partial charge in [0.2, 0.25) is 5.91 Å². The van der Waals surface area contributed by atoms with Gasteiger partial charge >= 0.3 is 0 Å². The van der Waals surface area contributed by atoms with E-state index in [1.165, 1.54) is 5.56 Å². The van der Waals surface area contributed by atoms with E-state index in [1.54, 1.807) is 13.4 Å². The van der Waals surface area contributed by atoms with E-state index in [-0.39, 0.29) is 18.3 Å². The third-order valence-corrected chi connectivity index (χ3v) is 4.47. The number of amides is 1. The highest BCUT2D eigenvalue weighted by atomic mass is 35.5. The summed E-state index contributed by atoms with van der Waals surface area (Å²) in [6.07, 6.45) is 2.77. The van der Waals surface area contributed by atoms with Gasteiger partial charge in [-0.3, -0.25) is 4.79 Å². The van der Waals surface area contributed by atoms with Crippen LogP contribution in [0.5, 0.6) is 5.75 Å². The molecule has 0 fully saturated rings. The van der Waals surface area contributed by atoms with E-state index in [9.17, 15) is 4.79 Å². The molecular formula is C21H25ClN2O3. The first-order valence-electron chi connectivity index (χ1n) is 8.77. The first-order valence-corrected chi connectivity index (χ1v) is 8.77. The number of nitrogens with two attached hydrogens (primary N) is 1. The minimum atomic E-state index is 0. The highest BCUT2D eigenvalue weighted by molar-refractivity contribution is 5.88. The number of hydrogen-bond acceptors (Lipinski definition) is 4. The van der Waals surface area contributed by atoms with Gasteiger partial charge in [-0.2, -0.15) is 0 Å². The largest absolute Gasteiger partial charge is 0.497 e. The Morgan fingerprint density at radius 3 is 2.63 bits per heavy atom. The van der Waals surface area contributed by atoms with Gasteiger partial charge in [-0.25, -0.2) is 0 Å². The third kappa shape index (κ3) is 5.25. The molecule has 0 saturated carbocycles. The summed E-state index contributed by atoms with van der Waals surface area (Å²) in [5.41, 5.74) is 8.52. The lowest BCUT2D eigenvalue weighted by Crippen LogP contribution is -2.37. The number of methoxy groups -OCH3 is 1. The lowest BCUT2D eigenvalue weighted by atomic mass is 10.1. The minimum Gasteiger partial charge on any atom is -0.497 e. The monoisotopic (exact) mass is 388 g/mol. The molecule has 0 saturated heterocycles. The maximum atomic E-state index is 12.8. The molecule has 0 aliphatic heterocycles. The summed E-state index contributed by atoms with van der Waals surface area (Å²) >= 11 is 0. The number of carbonyl (C=O) groups is 1. The van der Waals surface area contributed by atoms with Crippen molar-refractivity contribution in [1.82, 2.24) is 4.90 Å². The van der Waals surface area contributed by atoms with Crippen molar-refractivity contribution in [2.45, 2.75) is 12.8 Å². The Labute approximate surface area is 165 Å². The van der Waals surface area contributed by atoms with Gasteiger partial charge in [0.15, 0.2) is 0 Å². The lowest BCUT2D eigenvalue weighted by Gasteiger charge is -2.22. The quantitative estimate of drug-likeness (QED) is 0.641. The standard InChI is InChI=1S/C21H24N2O3.ClH/c1-25-18-7-8-19-17(15-26-20(19)14-18)13-21(24)23(12-10-22)11-9-16-5-3-2-4-6-16;/h2-8,14-15H,9-13,22H2,1H3;1H. The lowest BCUT2D eigenvalue weighted by molar-refractivity contribution is -0.130. The highest BCUT2D eigenvalue weighted by Gasteiger charge is 2.16. The number of rotatable bonds is 8. The third-order valence-electron chi connectivity index (χ3n) is 4.47. The summed E-state index contributed by atoms with van der Waals surface area (Å²) in [4.78, 5) is 14.6. The van der Waals surface area contributed by atoms with Crippen LogP contribution in [0.4, 0.5) is 0 Å². The molecule has 0 bridgehead atoms. The topological polar surface area (TPSA) is 68.7 Å². The van der Waals surface area contributed by atoms with E-state index >= 15 is 0 Å². The first-order chi connectivity index (χ1) is 12.7. The van der Waals surface area contributed by atoms with Crippen LogP contribution in [0.1, 0.15) is 11.1 Å². The molecule has 5 nitrogen and oxygen atoms in total. The fourth-order valence-electron chi connectivity index (χ4n) is 3.03. The van der Waals surface area contributed by atoms with Crippen LogP contribution in [-0.4, -0.2) is 37.6 Å². The molecule has 1 amide bonds. The van der Waals surface area contributed by atoms with Gasteiger partial charge < -0.3 is 19.8 Å². The maximum absolute atomic E-state index is 12.8. The molecule has 1 heterocycles. The number of carbonyl (C=O) groups excluding carboxylic acids is 1. The van der Waals surface area contributed by atoms with E-state index < -0.39 is 0 Å². The molecule has 0 unspecified atom stereocenters. The zero-order valence-corrected chi connectivity index (χ0v) is 16.2. The van der Waals surface area contributed by atoms with E-state index in [1.807, 2.05) is 41.3 Å². The smallest absolute Gasteiger partial charge is 0.227 e. The van der Waals surface area contributed by atoms with Crippen LogP contribution in [0.2, 0.25) is 0 Å². The summed E-state index contributed by atoms with van der Waals surface area (Å²) in [7, 11) is 1.62. The Bertz CT molecular complexity index is 864. The molecule has 2 N–H and O–H groups in total. The Kier molecular flexibility index (Phi) is 7.70. The average molecular weight is 389 g/mol. The number of fused-ring (bicyclic) bond motifs is 1. The van der Waals surface area contributed by atoms with Gasteiger partial charge in [0.05, 0.1) is 19.8 Å². The molecule has 144 valence electrons. The van der Waals surface area contributed by atoms with Crippen molar-refractivity contribution in [1.29, 1.82) is 0 Å². The zero-order valence-electron chi connectivity index (χ0n) is 15.4. The van der Waals surface area contributed by atoms with Crippen LogP contribution in [0.15, 0.2) is 59.2 Å². The maximum Gasteiger partial charge on any atom is 0.227 e. The van der Waals surface area contributed by atoms with Crippen LogP contribution in [-0.2, 0) is 17.6 Å². The number of benzene rings is 2. The molecule has 3 rings (SSSR count). The summed E-state index contributed by atoms with van der Waals surface area (Å²) in [5, 5.41) is 0.940. The molecule has 0 aliphatic carbocycles. The molecule has 3 aromatic rings. The molecule has 6 heteroatoms. The molecule has 0 aliphatic rings. The van der Waals surface area contributed by atoms with Crippen LogP contribution >= 0.6 is 12.4 Å². The molecule has 27 heavy (non-hydrogen) atoms. The number of nitrogens with zero attached hydrogens (tertiary/aromatic N) is 1. The summed E-state index contributed by atoms with van der Waals surface area (Å²) in [5.74, 6) is 0.794. The second kappa shape index (κ2) is 10.00. The normalized spacial score (nSPS) is 10.4. The van der Waals surface area contributed by atoms with Crippen molar-refractivity contribution in [2.24, 2.45) is 5.73 Å². The van der Waals surface area contributed by atoms with Crippen molar-refractivity contribution >= 4 is 29.3 Å². The number of furan rings is 1. The van der Waals surface area contributed by atoms with Crippen molar-refractivity contribution in [3.8, 4) is 5.75 Å². The van der Waals surface area contributed by atoms with E-state index in [4.69, 9.17) is 14.9 Å². The average Bonchev–Trinajstić information content (AvgIpc) is 3.07. The fourth-order valence-corrected chi connectivity index (χ4v) is 3.03. The van der Waals surface area contributed by atoms with Gasteiger partial charge in [0.25, 0.3) is 0 Å². The second-order valence-electron chi connectivity index (χ2n) is 6.20. The summed E-state index contributed by atoms with van der Waals surface area (Å²) in [6.45, 7) is 1.66. The SMILES string of the molecule is COc1ccc2c(CC(=O)N(CCN)CCc3ccccc3)coc2c1.Cl. The van der Waals surface area contributed by atoms with Gasteiger partial charge in [-0.15, -0.1) is 12.4 Å². The molecule has 1 aromatic heterocycles. The van der Waals surface area contributed by atoms with Gasteiger partial charge in [-0.1, -0.05) is 30.3 Å². The van der Waals surface area contributed by atoms with Crippen molar-refractivity contribution in [3.63, 3.8) is 0 Å². The number of hydrogen-bond donors (Lipinski definition) is 1. The summed E-state index contributed by atoms with van der Waals surface area (Å²) in [6, 6.07) is 15.8. The van der Waals surface area contributed by atoms with E-state index in [0.717, 1.165) is 28.7 Å². The Morgan fingerprint density at radius 2 is 1.93 bits per heavy atom. The molecule has 2 aromatic carbocycles. The Balaban J connectivity index is 0.00000261. The predicted octanol–water partition coefficient (Wildman–Crippen LogP) is 3.44.